The number of aliphatic carboxylic acids is 1. The van der Waals surface area contributed by atoms with Crippen LogP contribution in [0, 0.1) is 0 Å². The number of amides is 6. The standard InChI is InChI=1S/C92H141N9O44S4/c1-50(102)126-46-66-77(130-54(5)106)81(134-58(9)110)85(138-62(13)114)89(142-66)146-39-23-70(118)93-27-17-33-99(34-18-28-94-71(119)24-40-147-90-86(139-63(14)115)82(135-59(10)111)78(131-55(6)107)67(143-90)47-127-51(2)103)43-74(122)97-31-21-37-101(45-76(124)125)38-22-32-98-75(123)44-100(35-19-29-95-72(120)25-41-148-91-87(140-64(15)116)83(136-60(11)112)79(132-56(7)108)68(144-91)48-128-52(3)104)36-20-30-96-73(121)26-42-149-92-88(141-65(16)117)84(137-61(12)113)80(133-57(8)109)69(145-92)49-129-53(4)105/h66-69,77-92H,17-49H2,1-16H3,(H,93,118)(H,94,119)(H,95,120)(H,96,121)(H,97,122)(H,98,123)(H,124,125)/t66-,67-,68-,69-,77+,78+,79+,80+,81+,82+,83+,84+,85-,86-,87-,88-,89+,90+,91+,92+/m1/s1. The van der Waals surface area contributed by atoms with Gasteiger partial charge in [-0.05, 0) is 38.5 Å². The zero-order valence-corrected chi connectivity index (χ0v) is 89.6. The van der Waals surface area contributed by atoms with E-state index in [9.17, 15) is 115 Å². The van der Waals surface area contributed by atoms with Crippen LogP contribution in [0.5, 0.6) is 0 Å². The largest absolute Gasteiger partial charge is 0.480 e. The smallest absolute Gasteiger partial charge is 0.317 e. The van der Waals surface area contributed by atoms with Gasteiger partial charge in [0.1, 0.15) is 72.6 Å². The Morgan fingerprint density at radius 3 is 0.550 bits per heavy atom. The topological polar surface area (TPSA) is 679 Å². The molecule has 0 bridgehead atoms. The van der Waals surface area contributed by atoms with Crippen molar-refractivity contribution in [2.45, 2.75) is 294 Å². The fraction of sp³-hybridized carbons (Fsp3) is 0.750. The van der Waals surface area contributed by atoms with E-state index in [2.05, 4.69) is 31.9 Å². The van der Waals surface area contributed by atoms with Crippen LogP contribution in [0.3, 0.4) is 0 Å². The van der Waals surface area contributed by atoms with E-state index < -0.39 is 289 Å². The highest BCUT2D eigenvalue weighted by Crippen LogP contribution is 2.40. The minimum atomic E-state index is -1.43. The van der Waals surface area contributed by atoms with Gasteiger partial charge in [0, 0.05) is 238 Å². The van der Waals surface area contributed by atoms with Gasteiger partial charge in [-0.3, -0.25) is 125 Å². The molecule has 4 aliphatic heterocycles. The van der Waals surface area contributed by atoms with Crippen LogP contribution in [0.15, 0.2) is 0 Å². The summed E-state index contributed by atoms with van der Waals surface area (Å²) in [5.41, 5.74) is -4.61. The lowest BCUT2D eigenvalue weighted by atomic mass is 9.99. The molecule has 149 heavy (non-hydrogen) atoms. The first-order valence-corrected chi connectivity index (χ1v) is 52.3. The van der Waals surface area contributed by atoms with Gasteiger partial charge in [-0.25, -0.2) is 0 Å². The molecule has 4 aliphatic rings. The molecule has 0 aromatic rings. The quantitative estimate of drug-likeness (QED) is 0.0214. The number of carbonyl (C=O) groups excluding carboxylic acids is 22. The molecule has 53 nitrogen and oxygen atoms in total. The number of hydrogen-bond donors (Lipinski definition) is 7. The number of hydrogen-bond acceptors (Lipinski definition) is 50. The summed E-state index contributed by atoms with van der Waals surface area (Å²) in [7, 11) is 0. The van der Waals surface area contributed by atoms with Crippen molar-refractivity contribution >= 4 is 184 Å². The van der Waals surface area contributed by atoms with E-state index in [1.54, 1.807) is 14.7 Å². The summed E-state index contributed by atoms with van der Waals surface area (Å²) in [5, 5.41) is 27.0. The predicted molar refractivity (Wildman–Crippen MR) is 519 cm³/mol. The van der Waals surface area contributed by atoms with Gasteiger partial charge in [0.25, 0.3) is 0 Å². The zero-order chi connectivity index (χ0) is 111. The van der Waals surface area contributed by atoms with Crippen molar-refractivity contribution in [3.63, 3.8) is 0 Å². The Morgan fingerprint density at radius 1 is 0.221 bits per heavy atom. The second-order valence-electron chi connectivity index (χ2n) is 34.2. The Morgan fingerprint density at radius 2 is 0.383 bits per heavy atom. The van der Waals surface area contributed by atoms with E-state index >= 15 is 0 Å². The SMILES string of the molecule is CC(=O)OC[C@H]1O[C@@H](SCCC(=O)NCCCN(CCCNC(=O)CCS[C@@H]2O[C@H](COC(C)=O)[C@H](OC(C)=O)[C@H](OC(C)=O)[C@H]2OC(C)=O)CC(=O)NCCCN(CCCNC(=O)CN(CCCNC(=O)CCS[C@@H]2O[C@H](COC(C)=O)[C@H](OC(C)=O)[C@H](OC(C)=O)[C@H]2OC(C)=O)CCCNC(=O)CCS[C@@H]2O[C@H](COC(C)=O)[C@H](OC(C)=O)[C@H](OC(C)=O)[C@H]2OC(C)=O)CC(=O)O)[C@H](OC(C)=O)[C@@H](OC(C)=O)[C@H]1OC(C)=O. The van der Waals surface area contributed by atoms with Crippen LogP contribution in [-0.4, -0.2) is 424 Å². The van der Waals surface area contributed by atoms with Crippen LogP contribution in [0.1, 0.15) is 175 Å². The molecule has 4 fully saturated rings. The number of ether oxygens (including phenoxy) is 20. The van der Waals surface area contributed by atoms with E-state index in [1.807, 2.05) is 0 Å². The molecule has 0 unspecified atom stereocenters. The van der Waals surface area contributed by atoms with Gasteiger partial charge >= 0.3 is 101 Å². The van der Waals surface area contributed by atoms with Gasteiger partial charge in [0.15, 0.2) is 73.2 Å². The van der Waals surface area contributed by atoms with Gasteiger partial charge in [-0.1, -0.05) is 0 Å². The van der Waals surface area contributed by atoms with Crippen molar-refractivity contribution in [3.05, 3.63) is 0 Å². The Balaban J connectivity index is 1.47. The van der Waals surface area contributed by atoms with Crippen LogP contribution in [0.4, 0.5) is 0 Å². The summed E-state index contributed by atoms with van der Waals surface area (Å²) in [6.07, 6.45) is -20.7. The van der Waals surface area contributed by atoms with Crippen LogP contribution < -0.4 is 31.9 Å². The highest BCUT2D eigenvalue weighted by molar-refractivity contribution is 8.00. The minimum Gasteiger partial charge on any atom is -0.480 e. The van der Waals surface area contributed by atoms with Crippen molar-refractivity contribution < 1.29 is 210 Å². The molecule has 0 aliphatic carbocycles. The van der Waals surface area contributed by atoms with Gasteiger partial charge < -0.3 is 132 Å². The fourth-order valence-corrected chi connectivity index (χ4v) is 20.0. The van der Waals surface area contributed by atoms with Gasteiger partial charge in [-0.2, -0.15) is 0 Å². The lowest BCUT2D eigenvalue weighted by Gasteiger charge is -2.44. The van der Waals surface area contributed by atoms with Crippen LogP contribution >= 0.6 is 47.0 Å². The Labute approximate surface area is 878 Å². The van der Waals surface area contributed by atoms with E-state index in [4.69, 9.17) is 94.7 Å². The molecular formula is C92H141N9O44S4. The zero-order valence-electron chi connectivity index (χ0n) is 86.4. The molecule has 0 saturated carbocycles. The van der Waals surface area contributed by atoms with Crippen molar-refractivity contribution in [1.29, 1.82) is 0 Å². The summed E-state index contributed by atoms with van der Waals surface area (Å²) < 4.78 is 111. The molecule has 6 amide bonds. The number of esters is 16. The molecule has 57 heteroatoms. The number of nitrogens with zero attached hydrogens (tertiary/aromatic N) is 3. The van der Waals surface area contributed by atoms with E-state index in [-0.39, 0.29) is 179 Å². The predicted octanol–water partition coefficient (Wildman–Crippen LogP) is -1.16. The maximum atomic E-state index is 13.8. The van der Waals surface area contributed by atoms with E-state index in [1.165, 1.54) is 0 Å². The van der Waals surface area contributed by atoms with Crippen molar-refractivity contribution in [3.8, 4) is 0 Å². The van der Waals surface area contributed by atoms with Crippen molar-refractivity contribution in [2.75, 3.05) is 148 Å². The second kappa shape index (κ2) is 70.1. The van der Waals surface area contributed by atoms with Crippen LogP contribution in [-0.2, 0) is 205 Å². The molecule has 0 radical (unpaired) electrons. The maximum Gasteiger partial charge on any atom is 0.317 e. The first-order valence-electron chi connectivity index (χ1n) is 48.1. The fourth-order valence-electron chi connectivity index (χ4n) is 15.4. The molecule has 7 N–H and O–H groups in total. The third-order valence-corrected chi connectivity index (χ3v) is 25.8. The Kier molecular flexibility index (Phi) is 61.3. The number of carbonyl (C=O) groups is 23. The average molecular weight is 2210 g/mol. The van der Waals surface area contributed by atoms with Gasteiger partial charge in [0.2, 0.25) is 35.4 Å². The third kappa shape index (κ3) is 54.0. The second-order valence-corrected chi connectivity index (χ2v) is 39.0. The summed E-state index contributed by atoms with van der Waals surface area (Å²) in [4.78, 5) is 295. The van der Waals surface area contributed by atoms with E-state index in [0.717, 1.165) is 158 Å². The highest BCUT2D eigenvalue weighted by Gasteiger charge is 2.57. The maximum absolute atomic E-state index is 13.8. The number of carboxylic acids is 1. The molecule has 4 rings (SSSR count). The molecule has 842 valence electrons. The molecule has 20 atom stereocenters. The highest BCUT2D eigenvalue weighted by atomic mass is 32.2. The molecular weight excluding hydrogens is 2060 g/mol. The lowest BCUT2D eigenvalue weighted by molar-refractivity contribution is -0.237. The van der Waals surface area contributed by atoms with Crippen molar-refractivity contribution in [1.82, 2.24) is 46.6 Å². The van der Waals surface area contributed by atoms with Gasteiger partial charge in [-0.15, -0.1) is 47.0 Å². The molecule has 0 aromatic heterocycles. The summed E-state index contributed by atoms with van der Waals surface area (Å²) in [6, 6.07) is 0. The molecule has 0 aromatic carbocycles. The summed E-state index contributed by atoms with van der Waals surface area (Å²) >= 11 is 3.98. The first-order chi connectivity index (χ1) is 70.4. The number of carboxylic acid groups (broad SMARTS) is 1. The normalized spacial score (nSPS) is 23.3. The third-order valence-electron chi connectivity index (χ3n) is 21.2. The van der Waals surface area contributed by atoms with Gasteiger partial charge in [0.05, 0.1) is 19.6 Å². The number of thioether (sulfide) groups is 4. The van der Waals surface area contributed by atoms with Crippen molar-refractivity contribution in [2.24, 2.45) is 0 Å². The van der Waals surface area contributed by atoms with Crippen LogP contribution in [0.2, 0.25) is 0 Å². The monoisotopic (exact) mass is 2200 g/mol. The minimum absolute atomic E-state index is 0.0228. The Bertz CT molecular complexity index is 3970. The first kappa shape index (κ1) is 130. The Hall–Kier alpha value is -11.1. The van der Waals surface area contributed by atoms with E-state index in [0.29, 0.717) is 0 Å². The number of nitrogens with one attached hydrogen (secondary N) is 6. The van der Waals surface area contributed by atoms with Crippen LogP contribution in [0.25, 0.3) is 0 Å². The number of rotatable bonds is 66. The molecule has 4 saturated heterocycles. The summed E-state index contributed by atoms with van der Waals surface area (Å²) in [5.74, 6) is -16.5. The molecule has 4 heterocycles. The molecule has 0 spiro atoms. The summed E-state index contributed by atoms with van der Waals surface area (Å²) in [6.45, 7) is 16.4. The lowest BCUT2D eigenvalue weighted by Crippen LogP contribution is -2.61. The average Bonchev–Trinajstić information content (AvgIpc) is 0.798.